The van der Waals surface area contributed by atoms with Gasteiger partial charge in [0.2, 0.25) is 0 Å². The molecule has 0 radical (unpaired) electrons. The van der Waals surface area contributed by atoms with Crippen LogP contribution in [0.2, 0.25) is 0 Å². The normalized spacial score (nSPS) is 14.4. The maximum absolute atomic E-state index is 11.0. The number of hydrogen-bond donors (Lipinski definition) is 2. The van der Waals surface area contributed by atoms with Gasteiger partial charge in [0, 0.05) is 17.1 Å². The minimum absolute atomic E-state index is 0.220. The summed E-state index contributed by atoms with van der Waals surface area (Å²) in [6.45, 7) is 1.73. The fraction of sp³-hybridized carbons (Fsp3) is 0.308. The first-order chi connectivity index (χ1) is 8.44. The minimum Gasteiger partial charge on any atom is -0.497 e. The van der Waals surface area contributed by atoms with E-state index in [2.05, 4.69) is 0 Å². The van der Waals surface area contributed by atoms with Crippen LogP contribution < -0.4 is 10.5 Å². The standard InChI is InChI=1S/C13H16N2O3/c1-13(14,12(16)17)8-15-6-5-9-7-10(18-2)3-4-11(9)15/h3-7H,8,14H2,1-2H3,(H,16,17)/t13-/m0/s1. The summed E-state index contributed by atoms with van der Waals surface area (Å²) in [6.07, 6.45) is 1.83. The molecule has 0 aliphatic carbocycles. The van der Waals surface area contributed by atoms with Crippen molar-refractivity contribution in [3.05, 3.63) is 30.5 Å². The van der Waals surface area contributed by atoms with Crippen LogP contribution in [0.1, 0.15) is 6.92 Å². The fourth-order valence-electron chi connectivity index (χ4n) is 1.86. The number of carbonyl (C=O) groups is 1. The summed E-state index contributed by atoms with van der Waals surface area (Å²) < 4.78 is 6.98. The smallest absolute Gasteiger partial charge is 0.325 e. The summed E-state index contributed by atoms with van der Waals surface area (Å²) in [4.78, 5) is 11.0. The molecule has 0 aliphatic heterocycles. The van der Waals surface area contributed by atoms with Crippen LogP contribution in [0.4, 0.5) is 0 Å². The van der Waals surface area contributed by atoms with Crippen molar-refractivity contribution in [2.24, 2.45) is 5.73 Å². The Morgan fingerprint density at radius 2 is 2.22 bits per heavy atom. The molecule has 0 saturated heterocycles. The van der Waals surface area contributed by atoms with Crippen molar-refractivity contribution in [1.82, 2.24) is 4.57 Å². The highest BCUT2D eigenvalue weighted by molar-refractivity contribution is 5.82. The van der Waals surface area contributed by atoms with Gasteiger partial charge in [-0.05, 0) is 31.2 Å². The van der Waals surface area contributed by atoms with Crippen LogP contribution in [0.3, 0.4) is 0 Å². The molecule has 0 amide bonds. The van der Waals surface area contributed by atoms with E-state index in [9.17, 15) is 4.79 Å². The Kier molecular flexibility index (Phi) is 3.00. The molecule has 1 aromatic carbocycles. The average Bonchev–Trinajstić information content (AvgIpc) is 2.71. The van der Waals surface area contributed by atoms with Gasteiger partial charge in [-0.15, -0.1) is 0 Å². The summed E-state index contributed by atoms with van der Waals surface area (Å²) in [7, 11) is 1.61. The third kappa shape index (κ3) is 2.17. The lowest BCUT2D eigenvalue weighted by atomic mass is 10.0. The van der Waals surface area contributed by atoms with Crippen molar-refractivity contribution in [2.45, 2.75) is 19.0 Å². The summed E-state index contributed by atoms with van der Waals surface area (Å²) in [6, 6.07) is 7.55. The first-order valence-electron chi connectivity index (χ1n) is 5.59. The molecule has 0 spiro atoms. The molecule has 0 fully saturated rings. The Hall–Kier alpha value is -2.01. The number of nitrogens with two attached hydrogens (primary N) is 1. The van der Waals surface area contributed by atoms with Crippen LogP contribution in [0, 0.1) is 0 Å². The number of hydrogen-bond acceptors (Lipinski definition) is 3. The average molecular weight is 248 g/mol. The van der Waals surface area contributed by atoms with E-state index in [0.29, 0.717) is 0 Å². The number of ether oxygens (including phenoxy) is 1. The molecule has 0 saturated carbocycles. The zero-order chi connectivity index (χ0) is 13.3. The quantitative estimate of drug-likeness (QED) is 0.858. The van der Waals surface area contributed by atoms with E-state index >= 15 is 0 Å². The topological polar surface area (TPSA) is 77.5 Å². The summed E-state index contributed by atoms with van der Waals surface area (Å²) in [5.74, 6) is -0.244. The molecule has 1 aromatic heterocycles. The van der Waals surface area contributed by atoms with Gasteiger partial charge in [0.1, 0.15) is 11.3 Å². The van der Waals surface area contributed by atoms with Crippen molar-refractivity contribution in [2.75, 3.05) is 7.11 Å². The Morgan fingerprint density at radius 3 is 2.83 bits per heavy atom. The number of nitrogens with zero attached hydrogens (tertiary/aromatic N) is 1. The lowest BCUT2D eigenvalue weighted by Crippen LogP contribution is -2.48. The van der Waals surface area contributed by atoms with E-state index in [1.54, 1.807) is 7.11 Å². The van der Waals surface area contributed by atoms with Crippen LogP contribution >= 0.6 is 0 Å². The van der Waals surface area contributed by atoms with Gasteiger partial charge in [-0.3, -0.25) is 4.79 Å². The maximum atomic E-state index is 11.0. The van der Waals surface area contributed by atoms with E-state index in [0.717, 1.165) is 16.7 Å². The van der Waals surface area contributed by atoms with Crippen molar-refractivity contribution < 1.29 is 14.6 Å². The van der Waals surface area contributed by atoms with Gasteiger partial charge in [-0.1, -0.05) is 0 Å². The zero-order valence-electron chi connectivity index (χ0n) is 10.4. The van der Waals surface area contributed by atoms with Gasteiger partial charge in [0.25, 0.3) is 0 Å². The summed E-state index contributed by atoms with van der Waals surface area (Å²) in [5, 5.41) is 10.0. The molecule has 1 heterocycles. The Balaban J connectivity index is 2.38. The van der Waals surface area contributed by atoms with Crippen LogP contribution in [-0.2, 0) is 11.3 Å². The molecule has 5 nitrogen and oxygen atoms in total. The molecule has 0 aliphatic rings. The van der Waals surface area contributed by atoms with Crippen LogP contribution in [-0.4, -0.2) is 28.3 Å². The SMILES string of the molecule is COc1ccc2c(ccn2C[C@](C)(N)C(=O)O)c1. The summed E-state index contributed by atoms with van der Waals surface area (Å²) in [5.41, 5.74) is 5.41. The number of fused-ring (bicyclic) bond motifs is 1. The van der Waals surface area contributed by atoms with Crippen molar-refractivity contribution in [3.8, 4) is 5.75 Å². The van der Waals surface area contributed by atoms with Gasteiger partial charge in [0.05, 0.1) is 13.7 Å². The van der Waals surface area contributed by atoms with Crippen LogP contribution in [0.15, 0.2) is 30.5 Å². The van der Waals surface area contributed by atoms with E-state index in [1.165, 1.54) is 6.92 Å². The van der Waals surface area contributed by atoms with Gasteiger partial charge >= 0.3 is 5.97 Å². The molecule has 2 rings (SSSR count). The maximum Gasteiger partial charge on any atom is 0.325 e. The minimum atomic E-state index is -1.29. The van der Waals surface area contributed by atoms with Crippen molar-refractivity contribution in [3.63, 3.8) is 0 Å². The number of benzene rings is 1. The van der Waals surface area contributed by atoms with E-state index in [1.807, 2.05) is 35.0 Å². The summed E-state index contributed by atoms with van der Waals surface area (Å²) >= 11 is 0. The van der Waals surface area contributed by atoms with E-state index in [4.69, 9.17) is 15.6 Å². The second-order valence-electron chi connectivity index (χ2n) is 4.59. The molecule has 0 unspecified atom stereocenters. The first kappa shape index (κ1) is 12.4. The fourth-order valence-corrected chi connectivity index (χ4v) is 1.86. The molecule has 2 aromatic rings. The first-order valence-corrected chi connectivity index (χ1v) is 5.59. The highest BCUT2D eigenvalue weighted by Crippen LogP contribution is 2.22. The number of rotatable bonds is 4. The molecule has 96 valence electrons. The predicted molar refractivity (Wildman–Crippen MR) is 68.7 cm³/mol. The second-order valence-corrected chi connectivity index (χ2v) is 4.59. The highest BCUT2D eigenvalue weighted by atomic mass is 16.5. The van der Waals surface area contributed by atoms with Gasteiger partial charge in [-0.2, -0.15) is 0 Å². The largest absolute Gasteiger partial charge is 0.497 e. The van der Waals surface area contributed by atoms with Crippen LogP contribution in [0.5, 0.6) is 5.75 Å². The molecule has 0 bridgehead atoms. The molecule has 1 atom stereocenters. The lowest BCUT2D eigenvalue weighted by molar-refractivity contribution is -0.143. The second kappa shape index (κ2) is 4.34. The number of methoxy groups -OCH3 is 1. The van der Waals surface area contributed by atoms with E-state index < -0.39 is 11.5 Å². The molecule has 18 heavy (non-hydrogen) atoms. The third-order valence-corrected chi connectivity index (χ3v) is 2.97. The lowest BCUT2D eigenvalue weighted by Gasteiger charge is -2.20. The van der Waals surface area contributed by atoms with Gasteiger partial charge in [-0.25, -0.2) is 0 Å². The molecule has 3 N–H and O–H groups in total. The number of aliphatic carboxylic acids is 1. The number of aromatic nitrogens is 1. The third-order valence-electron chi connectivity index (χ3n) is 2.97. The van der Waals surface area contributed by atoms with Crippen LogP contribution in [0.25, 0.3) is 10.9 Å². The zero-order valence-corrected chi connectivity index (χ0v) is 10.4. The number of carboxylic acids is 1. The van der Waals surface area contributed by atoms with Gasteiger partial charge in [0.15, 0.2) is 0 Å². The van der Waals surface area contributed by atoms with Gasteiger partial charge < -0.3 is 20.1 Å². The van der Waals surface area contributed by atoms with Crippen molar-refractivity contribution >= 4 is 16.9 Å². The predicted octanol–water partition coefficient (Wildman–Crippen LogP) is 1.45. The molecular formula is C13H16N2O3. The molecular weight excluding hydrogens is 232 g/mol. The molecule has 5 heteroatoms. The Morgan fingerprint density at radius 1 is 1.50 bits per heavy atom. The Bertz CT molecular complexity index is 587. The number of carboxylic acid groups (broad SMARTS) is 1. The van der Waals surface area contributed by atoms with E-state index in [-0.39, 0.29) is 6.54 Å². The highest BCUT2D eigenvalue weighted by Gasteiger charge is 2.28. The Labute approximate surface area is 105 Å². The monoisotopic (exact) mass is 248 g/mol. The van der Waals surface area contributed by atoms with Crippen molar-refractivity contribution in [1.29, 1.82) is 0 Å².